The third-order valence-corrected chi connectivity index (χ3v) is 6.62. The van der Waals surface area contributed by atoms with Gasteiger partial charge in [-0.3, -0.25) is 14.9 Å². The van der Waals surface area contributed by atoms with Gasteiger partial charge in [0.2, 0.25) is 5.69 Å². The highest BCUT2D eigenvalue weighted by atomic mass is 16.6. The third-order valence-electron chi connectivity index (χ3n) is 6.62. The Morgan fingerprint density at radius 2 is 1.88 bits per heavy atom. The van der Waals surface area contributed by atoms with Crippen LogP contribution >= 0.6 is 0 Å². The number of nitro groups is 1. The summed E-state index contributed by atoms with van der Waals surface area (Å²) < 4.78 is 3.80. The van der Waals surface area contributed by atoms with Crippen molar-refractivity contribution < 1.29 is 19.4 Å². The Kier molecular flexibility index (Phi) is 4.05. The van der Waals surface area contributed by atoms with Crippen molar-refractivity contribution in [2.75, 3.05) is 7.05 Å². The van der Waals surface area contributed by atoms with Crippen LogP contribution in [0.4, 0.5) is 11.4 Å². The fourth-order valence-corrected chi connectivity index (χ4v) is 4.86. The first kappa shape index (κ1) is 19.9. The van der Waals surface area contributed by atoms with E-state index in [-0.39, 0.29) is 28.4 Å². The molecule has 0 radical (unpaired) electrons. The summed E-state index contributed by atoms with van der Waals surface area (Å²) in [5, 5.41) is 25.2. The number of hydrogen-bond donors (Lipinski definition) is 0. The number of nitro benzene ring substituents is 1. The molecule has 0 saturated carbocycles. The lowest BCUT2D eigenvalue weighted by molar-refractivity contribution is -0.402. The lowest BCUT2D eigenvalue weighted by Gasteiger charge is -2.30. The van der Waals surface area contributed by atoms with Gasteiger partial charge in [-0.2, -0.15) is 4.58 Å². The molecular weight excluding hydrogens is 406 g/mol. The first-order valence-corrected chi connectivity index (χ1v) is 10.3. The number of allylic oxidation sites excluding steroid dienone is 3. The molecule has 2 heterocycles. The fourth-order valence-electron chi connectivity index (χ4n) is 4.86. The van der Waals surface area contributed by atoms with Crippen molar-refractivity contribution in [1.29, 1.82) is 0 Å². The van der Waals surface area contributed by atoms with E-state index in [9.17, 15) is 20.0 Å². The quantitative estimate of drug-likeness (QED) is 0.277. The Morgan fingerprint density at radius 1 is 1.16 bits per heavy atom. The van der Waals surface area contributed by atoms with Crippen molar-refractivity contribution >= 4 is 39.3 Å². The number of Topliss-reactive ketones (excluding diaryl/α,β-unsaturated/α-hetero) is 1. The van der Waals surface area contributed by atoms with E-state index in [1.165, 1.54) is 6.07 Å². The number of para-hydroxylation sites is 1. The average Bonchev–Trinajstić information content (AvgIpc) is 3.18. The fraction of sp³-hybridized carbons (Fsp3) is 0.200. The minimum atomic E-state index is -0.598. The Labute approximate surface area is 184 Å². The summed E-state index contributed by atoms with van der Waals surface area (Å²) in [6.07, 6.45) is 3.46. The second-order valence-electron chi connectivity index (χ2n) is 8.79. The summed E-state index contributed by atoms with van der Waals surface area (Å²) in [6, 6.07) is 12.4. The minimum absolute atomic E-state index is 0.0153. The van der Waals surface area contributed by atoms with Gasteiger partial charge in [-0.1, -0.05) is 24.0 Å². The second-order valence-corrected chi connectivity index (χ2v) is 8.79. The van der Waals surface area contributed by atoms with Crippen molar-refractivity contribution in [2.45, 2.75) is 19.3 Å². The number of benzene rings is 2. The van der Waals surface area contributed by atoms with E-state index in [2.05, 4.69) is 0 Å². The molecule has 0 amide bonds. The molecule has 160 valence electrons. The number of aromatic nitrogens is 1. The monoisotopic (exact) mass is 427 g/mol. The molecule has 1 aromatic heterocycles. The maximum absolute atomic E-state index is 13.1. The van der Waals surface area contributed by atoms with Gasteiger partial charge in [0.15, 0.2) is 11.5 Å². The largest absolute Gasteiger partial charge is 0.871 e. The molecule has 3 aromatic rings. The topological polar surface area (TPSA) is 91.2 Å². The van der Waals surface area contributed by atoms with Crippen LogP contribution in [-0.4, -0.2) is 32.6 Å². The Hall–Kier alpha value is -4.00. The predicted octanol–water partition coefficient (Wildman–Crippen LogP) is 3.37. The molecule has 2 aliphatic rings. The molecular formula is C25H21N3O4. The van der Waals surface area contributed by atoms with Crippen molar-refractivity contribution in [3.63, 3.8) is 0 Å². The van der Waals surface area contributed by atoms with Gasteiger partial charge in [0.25, 0.3) is 5.69 Å². The number of carbonyl (C=O) groups excluding carboxylic acids is 1. The van der Waals surface area contributed by atoms with Gasteiger partial charge in [0, 0.05) is 70.7 Å². The summed E-state index contributed by atoms with van der Waals surface area (Å²) in [4.78, 5) is 23.9. The first-order valence-electron chi connectivity index (χ1n) is 10.3. The second kappa shape index (κ2) is 6.50. The highest BCUT2D eigenvalue weighted by Crippen LogP contribution is 2.43. The van der Waals surface area contributed by atoms with Crippen molar-refractivity contribution in [3.8, 4) is 0 Å². The van der Waals surface area contributed by atoms with Crippen LogP contribution in [0, 0.1) is 10.1 Å². The molecule has 32 heavy (non-hydrogen) atoms. The van der Waals surface area contributed by atoms with Gasteiger partial charge in [0.05, 0.1) is 10.3 Å². The van der Waals surface area contributed by atoms with Crippen LogP contribution in [0.5, 0.6) is 0 Å². The van der Waals surface area contributed by atoms with E-state index < -0.39 is 10.3 Å². The van der Waals surface area contributed by atoms with Crippen LogP contribution < -0.4 is 5.11 Å². The third kappa shape index (κ3) is 2.54. The van der Waals surface area contributed by atoms with Gasteiger partial charge in [0.1, 0.15) is 7.05 Å². The van der Waals surface area contributed by atoms with Crippen LogP contribution in [0.2, 0.25) is 0 Å². The number of carbonyl (C=O) groups is 1. The average molecular weight is 427 g/mol. The zero-order valence-corrected chi connectivity index (χ0v) is 18.2. The Bertz CT molecular complexity index is 1470. The number of hydrogen-bond acceptors (Lipinski definition) is 4. The smallest absolute Gasteiger partial charge is 0.270 e. The molecule has 2 aromatic carbocycles. The molecule has 0 spiro atoms. The van der Waals surface area contributed by atoms with E-state index in [4.69, 9.17) is 0 Å². The van der Waals surface area contributed by atoms with Crippen molar-refractivity contribution in [1.82, 2.24) is 4.57 Å². The number of rotatable bonds is 3. The van der Waals surface area contributed by atoms with Crippen LogP contribution in [0.15, 0.2) is 66.1 Å². The normalized spacial score (nSPS) is 18.5. The van der Waals surface area contributed by atoms with Crippen LogP contribution in [0.1, 0.15) is 25.0 Å². The van der Waals surface area contributed by atoms with Crippen LogP contribution in [-0.2, 0) is 17.3 Å². The number of non-ortho nitro benzene ring substituents is 1. The number of nitrogens with zero attached hydrogens (tertiary/aromatic N) is 3. The predicted molar refractivity (Wildman–Crippen MR) is 120 cm³/mol. The standard InChI is InChI=1S/C25H21N3O4/c1-25(2)18-11-14(28(31)32)9-10-20(18)27(4)21(25)12-16-23(29)22(24(16)30)17-13-26(3)19-8-6-5-7-15(17)19/h5-13H,1-4H3. The maximum Gasteiger partial charge on any atom is 0.270 e. The molecule has 1 aliphatic heterocycles. The summed E-state index contributed by atoms with van der Waals surface area (Å²) in [6.45, 7) is 3.88. The lowest BCUT2D eigenvalue weighted by atomic mass is 9.77. The van der Waals surface area contributed by atoms with E-state index in [0.29, 0.717) is 5.56 Å². The molecule has 5 rings (SSSR count). The maximum atomic E-state index is 13.1. The molecule has 1 aliphatic carbocycles. The number of fused-ring (bicyclic) bond motifs is 2. The lowest BCUT2D eigenvalue weighted by Crippen LogP contribution is -2.33. The molecule has 0 unspecified atom stereocenters. The number of ketones is 1. The SMILES string of the molecule is Cn1cc(C2=C([O-])/C(=C\C3=[N+](C)c4ccc([N+](=O)[O-])cc4C3(C)C)C2=O)c2ccccc21. The van der Waals surface area contributed by atoms with Gasteiger partial charge in [-0.05, 0) is 19.9 Å². The van der Waals surface area contributed by atoms with Crippen LogP contribution in [0.3, 0.4) is 0 Å². The summed E-state index contributed by atoms with van der Waals surface area (Å²) in [7, 11) is 3.73. The Morgan fingerprint density at radius 3 is 2.56 bits per heavy atom. The number of aryl methyl sites for hydroxylation is 1. The van der Waals surface area contributed by atoms with Gasteiger partial charge >= 0.3 is 0 Å². The molecule has 7 nitrogen and oxygen atoms in total. The summed E-state index contributed by atoms with van der Waals surface area (Å²) >= 11 is 0. The molecule has 0 N–H and O–H groups in total. The van der Waals surface area contributed by atoms with Crippen molar-refractivity contribution in [3.05, 3.63) is 87.3 Å². The zero-order valence-electron chi connectivity index (χ0n) is 18.2. The highest BCUT2D eigenvalue weighted by molar-refractivity contribution is 6.41. The first-order chi connectivity index (χ1) is 15.1. The molecule has 0 fully saturated rings. The Balaban J connectivity index is 1.60. The molecule has 7 heteroatoms. The summed E-state index contributed by atoms with van der Waals surface area (Å²) in [5.74, 6) is -0.546. The highest BCUT2D eigenvalue weighted by Gasteiger charge is 2.45. The van der Waals surface area contributed by atoms with E-state index in [1.54, 1.807) is 18.2 Å². The van der Waals surface area contributed by atoms with Gasteiger partial charge < -0.3 is 9.67 Å². The van der Waals surface area contributed by atoms with E-state index in [1.807, 2.05) is 67.5 Å². The van der Waals surface area contributed by atoms with E-state index >= 15 is 0 Å². The molecule has 0 saturated heterocycles. The van der Waals surface area contributed by atoms with Crippen molar-refractivity contribution in [2.24, 2.45) is 7.05 Å². The van der Waals surface area contributed by atoms with E-state index in [0.717, 1.165) is 27.9 Å². The molecule has 0 bridgehead atoms. The zero-order chi connectivity index (χ0) is 22.9. The van der Waals surface area contributed by atoms with Gasteiger partial charge in [-0.15, -0.1) is 0 Å². The van der Waals surface area contributed by atoms with Gasteiger partial charge in [-0.25, -0.2) is 0 Å². The van der Waals surface area contributed by atoms with Crippen LogP contribution in [0.25, 0.3) is 16.5 Å². The summed E-state index contributed by atoms with van der Waals surface area (Å²) in [5.41, 5.74) is 3.74. The minimum Gasteiger partial charge on any atom is -0.871 e. The molecule has 0 atom stereocenters.